The largest absolute Gasteiger partial charge is 0.352 e. The molecule has 1 aliphatic carbocycles. The van der Waals surface area contributed by atoms with Gasteiger partial charge in [-0.15, -0.1) is 10.2 Å². The van der Waals surface area contributed by atoms with Gasteiger partial charge in [0.1, 0.15) is 0 Å². The maximum absolute atomic E-state index is 11.8. The van der Waals surface area contributed by atoms with Crippen molar-refractivity contribution >= 4 is 29.1 Å². The maximum atomic E-state index is 11.8. The molecule has 0 unspecified atom stereocenters. The molecule has 0 spiro atoms. The van der Waals surface area contributed by atoms with Gasteiger partial charge in [-0.2, -0.15) is 0 Å². The second-order valence-corrected chi connectivity index (χ2v) is 4.96. The molecule has 92 valence electrons. The number of amides is 1. The lowest BCUT2D eigenvalue weighted by molar-refractivity contribution is 0.0948. The minimum atomic E-state index is -0.244. The van der Waals surface area contributed by atoms with Gasteiger partial charge < -0.3 is 5.32 Å². The quantitative estimate of drug-likeness (QED) is 0.918. The number of aromatic nitrogens is 2. The van der Waals surface area contributed by atoms with Crippen molar-refractivity contribution in [2.75, 3.05) is 6.54 Å². The molecule has 1 saturated carbocycles. The van der Waals surface area contributed by atoms with Gasteiger partial charge in [-0.25, -0.2) is 0 Å². The highest BCUT2D eigenvalue weighted by Crippen LogP contribution is 2.28. The highest BCUT2D eigenvalue weighted by Gasteiger charge is 2.18. The number of halogens is 2. The van der Waals surface area contributed by atoms with E-state index in [0.29, 0.717) is 6.54 Å². The lowest BCUT2D eigenvalue weighted by atomic mass is 9.83. The van der Waals surface area contributed by atoms with E-state index >= 15 is 0 Å². The van der Waals surface area contributed by atoms with E-state index in [1.54, 1.807) is 0 Å². The molecular weight excluding hydrogens is 261 g/mol. The van der Waals surface area contributed by atoms with Gasteiger partial charge in [-0.3, -0.25) is 4.79 Å². The molecular formula is C11H13Cl2N3O. The Morgan fingerprint density at radius 1 is 1.41 bits per heavy atom. The van der Waals surface area contributed by atoms with Crippen LogP contribution in [0.1, 0.15) is 36.0 Å². The first kappa shape index (κ1) is 12.6. The smallest absolute Gasteiger partial charge is 0.254 e. The van der Waals surface area contributed by atoms with Crippen molar-refractivity contribution in [1.29, 1.82) is 0 Å². The average molecular weight is 274 g/mol. The van der Waals surface area contributed by atoms with Gasteiger partial charge in [-0.1, -0.05) is 42.5 Å². The van der Waals surface area contributed by atoms with Gasteiger partial charge in [0, 0.05) is 6.54 Å². The van der Waals surface area contributed by atoms with Crippen LogP contribution in [-0.4, -0.2) is 22.6 Å². The van der Waals surface area contributed by atoms with Crippen molar-refractivity contribution in [1.82, 2.24) is 15.5 Å². The van der Waals surface area contributed by atoms with Crippen LogP contribution in [0.3, 0.4) is 0 Å². The first-order chi connectivity index (χ1) is 8.16. The van der Waals surface area contributed by atoms with E-state index in [4.69, 9.17) is 23.2 Å². The molecule has 1 N–H and O–H groups in total. The van der Waals surface area contributed by atoms with Gasteiger partial charge >= 0.3 is 0 Å². The van der Waals surface area contributed by atoms with Gasteiger partial charge in [0.15, 0.2) is 10.3 Å². The van der Waals surface area contributed by atoms with Crippen molar-refractivity contribution in [3.63, 3.8) is 0 Å². The summed E-state index contributed by atoms with van der Waals surface area (Å²) in [6.07, 6.45) is 4.89. The second-order valence-electron chi connectivity index (χ2n) is 4.21. The summed E-state index contributed by atoms with van der Waals surface area (Å²) in [6.45, 7) is 0.666. The molecule has 2 rings (SSSR count). The summed E-state index contributed by atoms with van der Waals surface area (Å²) in [6, 6.07) is 1.43. The van der Waals surface area contributed by atoms with Crippen molar-refractivity contribution in [3.8, 4) is 0 Å². The predicted molar refractivity (Wildman–Crippen MR) is 66.3 cm³/mol. The summed E-state index contributed by atoms with van der Waals surface area (Å²) in [5, 5.41) is 10.2. The summed E-state index contributed by atoms with van der Waals surface area (Å²) < 4.78 is 0. The number of rotatable bonds is 4. The van der Waals surface area contributed by atoms with Gasteiger partial charge in [0.25, 0.3) is 5.91 Å². The number of carbonyl (C=O) groups excluding carboxylic acids is 1. The molecule has 0 atom stereocenters. The highest BCUT2D eigenvalue weighted by molar-refractivity contribution is 6.34. The molecule has 6 heteroatoms. The first-order valence-corrected chi connectivity index (χ1v) is 6.39. The van der Waals surface area contributed by atoms with E-state index in [1.807, 2.05) is 0 Å². The van der Waals surface area contributed by atoms with Crippen LogP contribution in [0.15, 0.2) is 6.07 Å². The van der Waals surface area contributed by atoms with Crippen LogP contribution in [0.5, 0.6) is 0 Å². The molecule has 1 aliphatic rings. The number of nitrogens with one attached hydrogen (secondary N) is 1. The zero-order valence-electron chi connectivity index (χ0n) is 9.25. The zero-order valence-corrected chi connectivity index (χ0v) is 10.8. The van der Waals surface area contributed by atoms with Crippen LogP contribution in [0.4, 0.5) is 0 Å². The molecule has 0 aliphatic heterocycles. The molecule has 1 heterocycles. The van der Waals surface area contributed by atoms with E-state index in [9.17, 15) is 4.79 Å². The Bertz CT molecular complexity index is 421. The van der Waals surface area contributed by atoms with Crippen molar-refractivity contribution < 1.29 is 4.79 Å². The minimum Gasteiger partial charge on any atom is -0.352 e. The molecule has 0 saturated heterocycles. The number of nitrogens with zero attached hydrogens (tertiary/aromatic N) is 2. The standard InChI is InChI=1S/C11H13Cl2N3O/c12-9-6-8(10(13)16-15-9)11(17)14-5-4-7-2-1-3-7/h6-7H,1-5H2,(H,14,17). The van der Waals surface area contributed by atoms with Crippen molar-refractivity contribution in [2.24, 2.45) is 5.92 Å². The fourth-order valence-corrected chi connectivity index (χ4v) is 2.10. The fraction of sp³-hybridized carbons (Fsp3) is 0.545. The summed E-state index contributed by atoms with van der Waals surface area (Å²) in [5.41, 5.74) is 0.278. The first-order valence-electron chi connectivity index (χ1n) is 5.63. The Labute approximate surface area is 110 Å². The molecule has 1 aromatic rings. The van der Waals surface area contributed by atoms with E-state index < -0.39 is 0 Å². The summed E-state index contributed by atoms with van der Waals surface area (Å²) in [5.74, 6) is 0.524. The summed E-state index contributed by atoms with van der Waals surface area (Å²) in [7, 11) is 0. The molecule has 17 heavy (non-hydrogen) atoms. The Morgan fingerprint density at radius 2 is 2.18 bits per heavy atom. The molecule has 4 nitrogen and oxygen atoms in total. The minimum absolute atomic E-state index is 0.0792. The lowest BCUT2D eigenvalue weighted by Crippen LogP contribution is -2.27. The third-order valence-electron chi connectivity index (χ3n) is 3.03. The van der Waals surface area contributed by atoms with E-state index in [0.717, 1.165) is 12.3 Å². The Balaban J connectivity index is 1.87. The Hall–Kier alpha value is -0.870. The van der Waals surface area contributed by atoms with Crippen LogP contribution in [-0.2, 0) is 0 Å². The predicted octanol–water partition coefficient (Wildman–Crippen LogP) is 2.70. The molecule has 1 amide bonds. The van der Waals surface area contributed by atoms with Gasteiger partial charge in [0.2, 0.25) is 0 Å². The van der Waals surface area contributed by atoms with Crippen LogP contribution in [0.2, 0.25) is 10.3 Å². The zero-order chi connectivity index (χ0) is 12.3. The number of hydrogen-bond acceptors (Lipinski definition) is 3. The topological polar surface area (TPSA) is 54.9 Å². The van der Waals surface area contributed by atoms with Crippen LogP contribution in [0, 0.1) is 5.92 Å². The SMILES string of the molecule is O=C(NCCC1CCC1)c1cc(Cl)nnc1Cl. The van der Waals surface area contributed by atoms with Crippen LogP contribution in [0.25, 0.3) is 0 Å². The molecule has 0 bridgehead atoms. The van der Waals surface area contributed by atoms with Crippen molar-refractivity contribution in [2.45, 2.75) is 25.7 Å². The maximum Gasteiger partial charge on any atom is 0.254 e. The van der Waals surface area contributed by atoms with Crippen LogP contribution >= 0.6 is 23.2 Å². The number of hydrogen-bond donors (Lipinski definition) is 1. The molecule has 0 aromatic carbocycles. The second kappa shape index (κ2) is 5.65. The number of carbonyl (C=O) groups is 1. The normalized spacial score (nSPS) is 15.4. The van der Waals surface area contributed by atoms with Crippen molar-refractivity contribution in [3.05, 3.63) is 21.9 Å². The van der Waals surface area contributed by atoms with Gasteiger partial charge in [0.05, 0.1) is 5.56 Å². The third-order valence-corrected chi connectivity index (χ3v) is 3.49. The Morgan fingerprint density at radius 3 is 2.82 bits per heavy atom. The Kier molecular flexibility index (Phi) is 4.18. The van der Waals surface area contributed by atoms with E-state index in [-0.39, 0.29) is 21.8 Å². The molecule has 0 radical (unpaired) electrons. The summed E-state index contributed by atoms with van der Waals surface area (Å²) >= 11 is 11.4. The third kappa shape index (κ3) is 3.30. The van der Waals surface area contributed by atoms with Gasteiger partial charge in [-0.05, 0) is 18.4 Å². The highest BCUT2D eigenvalue weighted by atomic mass is 35.5. The summed E-state index contributed by atoms with van der Waals surface area (Å²) in [4.78, 5) is 11.8. The average Bonchev–Trinajstić information content (AvgIpc) is 2.25. The monoisotopic (exact) mass is 273 g/mol. The fourth-order valence-electron chi connectivity index (χ4n) is 1.78. The van der Waals surface area contributed by atoms with E-state index in [1.165, 1.54) is 25.3 Å². The van der Waals surface area contributed by atoms with Crippen LogP contribution < -0.4 is 5.32 Å². The molecule has 1 aromatic heterocycles. The lowest BCUT2D eigenvalue weighted by Gasteiger charge is -2.25. The van der Waals surface area contributed by atoms with E-state index in [2.05, 4.69) is 15.5 Å². The molecule has 1 fully saturated rings.